The SMILES string of the molecule is CC1CCC(NC(=O)NCc2n[nH]c(=O)n2C)CC1. The Morgan fingerprint density at radius 1 is 1.42 bits per heavy atom. The van der Waals surface area contributed by atoms with E-state index in [-0.39, 0.29) is 24.3 Å². The largest absolute Gasteiger partial charge is 0.343 e. The van der Waals surface area contributed by atoms with E-state index in [0.717, 1.165) is 18.8 Å². The number of aromatic nitrogens is 3. The Balaban J connectivity index is 1.76. The summed E-state index contributed by atoms with van der Waals surface area (Å²) >= 11 is 0. The Hall–Kier alpha value is -1.79. The fraction of sp³-hybridized carbons (Fsp3) is 0.750. The van der Waals surface area contributed by atoms with Gasteiger partial charge in [0, 0.05) is 13.1 Å². The van der Waals surface area contributed by atoms with Gasteiger partial charge in [0.15, 0.2) is 5.82 Å². The molecule has 106 valence electrons. The monoisotopic (exact) mass is 267 g/mol. The van der Waals surface area contributed by atoms with Crippen molar-refractivity contribution in [2.45, 2.75) is 45.2 Å². The van der Waals surface area contributed by atoms with Crippen molar-refractivity contribution in [1.82, 2.24) is 25.4 Å². The van der Waals surface area contributed by atoms with Crippen molar-refractivity contribution in [3.63, 3.8) is 0 Å². The lowest BCUT2D eigenvalue weighted by molar-refractivity contribution is 0.228. The summed E-state index contributed by atoms with van der Waals surface area (Å²) in [5.41, 5.74) is -0.279. The van der Waals surface area contributed by atoms with Crippen molar-refractivity contribution in [3.05, 3.63) is 16.3 Å². The van der Waals surface area contributed by atoms with Crippen molar-refractivity contribution in [2.24, 2.45) is 13.0 Å². The lowest BCUT2D eigenvalue weighted by atomic mass is 9.87. The van der Waals surface area contributed by atoms with E-state index in [0.29, 0.717) is 5.82 Å². The van der Waals surface area contributed by atoms with Crippen LogP contribution < -0.4 is 16.3 Å². The molecular formula is C12H21N5O2. The van der Waals surface area contributed by atoms with E-state index in [1.54, 1.807) is 7.05 Å². The van der Waals surface area contributed by atoms with Gasteiger partial charge in [-0.15, -0.1) is 0 Å². The summed E-state index contributed by atoms with van der Waals surface area (Å²) in [6.07, 6.45) is 4.41. The Labute approximate surface area is 111 Å². The molecule has 1 aromatic rings. The highest BCUT2D eigenvalue weighted by Crippen LogP contribution is 2.23. The van der Waals surface area contributed by atoms with Crippen molar-refractivity contribution in [2.75, 3.05) is 0 Å². The lowest BCUT2D eigenvalue weighted by Gasteiger charge is -2.26. The molecule has 1 aromatic heterocycles. The highest BCUT2D eigenvalue weighted by molar-refractivity contribution is 5.74. The summed E-state index contributed by atoms with van der Waals surface area (Å²) in [5.74, 6) is 1.28. The van der Waals surface area contributed by atoms with Gasteiger partial charge in [0.25, 0.3) is 0 Å². The molecule has 7 heteroatoms. The summed E-state index contributed by atoms with van der Waals surface area (Å²) in [4.78, 5) is 22.9. The maximum atomic E-state index is 11.7. The van der Waals surface area contributed by atoms with E-state index < -0.39 is 0 Å². The third-order valence-electron chi connectivity index (χ3n) is 3.73. The maximum Gasteiger partial charge on any atom is 0.343 e. The number of carbonyl (C=O) groups is 1. The van der Waals surface area contributed by atoms with Crippen LogP contribution in [0.3, 0.4) is 0 Å². The van der Waals surface area contributed by atoms with Crippen LogP contribution in [-0.2, 0) is 13.6 Å². The first kappa shape index (κ1) is 13.6. The highest BCUT2D eigenvalue weighted by Gasteiger charge is 2.19. The van der Waals surface area contributed by atoms with E-state index in [9.17, 15) is 9.59 Å². The number of H-pyrrole nitrogens is 1. The zero-order chi connectivity index (χ0) is 13.8. The lowest BCUT2D eigenvalue weighted by Crippen LogP contribution is -2.43. The van der Waals surface area contributed by atoms with Crippen LogP contribution in [0, 0.1) is 5.92 Å². The van der Waals surface area contributed by atoms with Gasteiger partial charge in [-0.2, -0.15) is 5.10 Å². The van der Waals surface area contributed by atoms with Gasteiger partial charge < -0.3 is 10.6 Å². The van der Waals surface area contributed by atoms with Crippen LogP contribution in [0.15, 0.2) is 4.79 Å². The number of nitrogens with zero attached hydrogens (tertiary/aromatic N) is 2. The zero-order valence-corrected chi connectivity index (χ0v) is 11.4. The molecule has 1 aliphatic rings. The van der Waals surface area contributed by atoms with E-state index >= 15 is 0 Å². The minimum atomic E-state index is -0.279. The topological polar surface area (TPSA) is 91.8 Å². The molecule has 2 rings (SSSR count). The number of carbonyl (C=O) groups excluding carboxylic acids is 1. The van der Waals surface area contributed by atoms with E-state index in [1.165, 1.54) is 17.4 Å². The molecule has 1 saturated carbocycles. The standard InChI is InChI=1S/C12H21N5O2/c1-8-3-5-9(6-4-8)14-11(18)13-7-10-15-16-12(19)17(10)2/h8-9H,3-7H2,1-2H3,(H,16,19)(H2,13,14,18). The molecule has 1 heterocycles. The molecule has 0 spiro atoms. The molecule has 0 unspecified atom stereocenters. The number of hydrogen-bond acceptors (Lipinski definition) is 3. The summed E-state index contributed by atoms with van der Waals surface area (Å²) in [5, 5.41) is 11.8. The molecule has 0 aromatic carbocycles. The predicted octanol–water partition coefficient (Wildman–Crippen LogP) is 0.486. The van der Waals surface area contributed by atoms with Crippen LogP contribution in [0.1, 0.15) is 38.4 Å². The summed E-state index contributed by atoms with van der Waals surface area (Å²) < 4.78 is 1.38. The zero-order valence-electron chi connectivity index (χ0n) is 11.4. The molecule has 0 saturated heterocycles. The molecular weight excluding hydrogens is 246 g/mol. The average Bonchev–Trinajstić information content (AvgIpc) is 2.70. The van der Waals surface area contributed by atoms with Gasteiger partial charge in [-0.1, -0.05) is 6.92 Å². The molecule has 0 atom stereocenters. The fourth-order valence-electron chi connectivity index (χ4n) is 2.34. The number of aromatic amines is 1. The molecule has 3 N–H and O–H groups in total. The first-order valence-corrected chi connectivity index (χ1v) is 6.71. The number of nitrogens with one attached hydrogen (secondary N) is 3. The average molecular weight is 267 g/mol. The molecule has 7 nitrogen and oxygen atoms in total. The second kappa shape index (κ2) is 5.90. The van der Waals surface area contributed by atoms with Gasteiger partial charge in [-0.3, -0.25) is 4.57 Å². The van der Waals surface area contributed by atoms with Crippen LogP contribution >= 0.6 is 0 Å². The molecule has 0 aliphatic heterocycles. The van der Waals surface area contributed by atoms with E-state index in [1.807, 2.05) is 0 Å². The summed E-state index contributed by atoms with van der Waals surface area (Å²) in [6, 6.07) is 0.0641. The molecule has 1 fully saturated rings. The van der Waals surface area contributed by atoms with Crippen LogP contribution in [0.2, 0.25) is 0 Å². The first-order chi connectivity index (χ1) is 9.06. The van der Waals surface area contributed by atoms with Gasteiger partial charge in [-0.25, -0.2) is 14.7 Å². The fourth-order valence-corrected chi connectivity index (χ4v) is 2.34. The smallest absolute Gasteiger partial charge is 0.335 e. The minimum absolute atomic E-state index is 0.199. The Morgan fingerprint density at radius 3 is 2.68 bits per heavy atom. The number of urea groups is 1. The summed E-state index contributed by atoms with van der Waals surface area (Å²) in [6.45, 7) is 2.48. The molecule has 0 bridgehead atoms. The molecule has 0 radical (unpaired) electrons. The van der Waals surface area contributed by atoms with Crippen molar-refractivity contribution in [3.8, 4) is 0 Å². The van der Waals surface area contributed by atoms with Gasteiger partial charge in [0.2, 0.25) is 0 Å². The van der Waals surface area contributed by atoms with Gasteiger partial charge in [0.1, 0.15) is 0 Å². The van der Waals surface area contributed by atoms with Crippen LogP contribution in [0.5, 0.6) is 0 Å². The van der Waals surface area contributed by atoms with Crippen LogP contribution in [0.4, 0.5) is 4.79 Å². The molecule has 1 aliphatic carbocycles. The second-order valence-electron chi connectivity index (χ2n) is 5.29. The van der Waals surface area contributed by atoms with Gasteiger partial charge >= 0.3 is 11.7 Å². The first-order valence-electron chi connectivity index (χ1n) is 6.71. The van der Waals surface area contributed by atoms with Crippen molar-refractivity contribution in [1.29, 1.82) is 0 Å². The third-order valence-corrected chi connectivity index (χ3v) is 3.73. The Kier molecular flexibility index (Phi) is 4.24. The quantitative estimate of drug-likeness (QED) is 0.744. The van der Waals surface area contributed by atoms with E-state index in [4.69, 9.17) is 0 Å². The highest BCUT2D eigenvalue weighted by atomic mass is 16.2. The summed E-state index contributed by atoms with van der Waals surface area (Å²) in [7, 11) is 1.61. The van der Waals surface area contributed by atoms with Gasteiger partial charge in [-0.05, 0) is 31.6 Å². The Morgan fingerprint density at radius 2 is 2.11 bits per heavy atom. The van der Waals surface area contributed by atoms with Crippen LogP contribution in [-0.4, -0.2) is 26.8 Å². The second-order valence-corrected chi connectivity index (χ2v) is 5.29. The van der Waals surface area contributed by atoms with Crippen molar-refractivity contribution >= 4 is 6.03 Å². The Bertz CT molecular complexity index is 485. The van der Waals surface area contributed by atoms with Gasteiger partial charge in [0.05, 0.1) is 6.54 Å². The molecule has 2 amide bonds. The number of amides is 2. The van der Waals surface area contributed by atoms with Crippen molar-refractivity contribution < 1.29 is 4.79 Å². The normalized spacial score (nSPS) is 23.1. The van der Waals surface area contributed by atoms with E-state index in [2.05, 4.69) is 27.8 Å². The minimum Gasteiger partial charge on any atom is -0.335 e. The maximum absolute atomic E-state index is 11.7. The van der Waals surface area contributed by atoms with Crippen LogP contribution in [0.25, 0.3) is 0 Å². The third kappa shape index (κ3) is 3.59. The number of rotatable bonds is 3. The number of hydrogen-bond donors (Lipinski definition) is 3. The predicted molar refractivity (Wildman–Crippen MR) is 70.6 cm³/mol. The molecule has 19 heavy (non-hydrogen) atoms.